The molecule has 0 N–H and O–H groups in total. The Hall–Kier alpha value is -2.51. The molecule has 0 spiro atoms. The van der Waals surface area contributed by atoms with Crippen LogP contribution in [0.2, 0.25) is 0 Å². The monoisotopic (exact) mass is 274 g/mol. The van der Waals surface area contributed by atoms with Crippen molar-refractivity contribution in [3.63, 3.8) is 0 Å². The molecule has 1 unspecified atom stereocenters. The van der Waals surface area contributed by atoms with E-state index in [9.17, 15) is 9.59 Å². The van der Waals surface area contributed by atoms with E-state index < -0.39 is 0 Å². The fourth-order valence-corrected chi connectivity index (χ4v) is 2.31. The summed E-state index contributed by atoms with van der Waals surface area (Å²) in [4.78, 5) is 27.0. The first-order valence-corrected chi connectivity index (χ1v) is 6.40. The van der Waals surface area contributed by atoms with E-state index in [4.69, 9.17) is 0 Å². The lowest BCUT2D eigenvalue weighted by molar-refractivity contribution is -0.131. The second-order valence-corrected chi connectivity index (χ2v) is 4.65. The maximum absolute atomic E-state index is 12.2. The van der Waals surface area contributed by atoms with E-state index in [2.05, 4.69) is 15.3 Å². The van der Waals surface area contributed by atoms with E-state index in [0.29, 0.717) is 13.1 Å². The first-order valence-electron chi connectivity index (χ1n) is 6.40. The molecular formula is C12H14N6O2. The highest BCUT2D eigenvalue weighted by molar-refractivity contribution is 5.76. The highest BCUT2D eigenvalue weighted by Gasteiger charge is 2.28. The minimum Gasteiger partial charge on any atom is -0.339 e. The summed E-state index contributed by atoms with van der Waals surface area (Å²) < 4.78 is 1.17. The minimum atomic E-state index is -0.273. The molecule has 0 bridgehead atoms. The smallest absolute Gasteiger partial charge is 0.267 e. The second kappa shape index (κ2) is 5.24. The first-order chi connectivity index (χ1) is 9.74. The molecule has 1 fully saturated rings. The van der Waals surface area contributed by atoms with Crippen molar-refractivity contribution >= 4 is 5.91 Å². The zero-order valence-corrected chi connectivity index (χ0v) is 10.8. The Labute approximate surface area is 114 Å². The van der Waals surface area contributed by atoms with Gasteiger partial charge >= 0.3 is 0 Å². The van der Waals surface area contributed by atoms with Crippen molar-refractivity contribution in [2.75, 3.05) is 13.1 Å². The number of amides is 1. The van der Waals surface area contributed by atoms with Crippen molar-refractivity contribution in [3.05, 3.63) is 41.1 Å². The molecular weight excluding hydrogens is 260 g/mol. The predicted octanol–water partition coefficient (Wildman–Crippen LogP) is -0.692. The van der Waals surface area contributed by atoms with Crippen molar-refractivity contribution < 1.29 is 4.79 Å². The van der Waals surface area contributed by atoms with E-state index in [1.165, 1.54) is 16.9 Å². The van der Waals surface area contributed by atoms with Crippen LogP contribution in [0.4, 0.5) is 0 Å². The van der Waals surface area contributed by atoms with Gasteiger partial charge in [0.15, 0.2) is 0 Å². The van der Waals surface area contributed by atoms with Gasteiger partial charge in [0.1, 0.15) is 6.54 Å². The van der Waals surface area contributed by atoms with Crippen LogP contribution in [0.1, 0.15) is 12.5 Å². The van der Waals surface area contributed by atoms with Gasteiger partial charge in [-0.25, -0.2) is 4.68 Å². The Kier molecular flexibility index (Phi) is 3.28. The summed E-state index contributed by atoms with van der Waals surface area (Å²) in [6, 6.07) is 3.05. The Morgan fingerprint density at radius 2 is 2.05 bits per heavy atom. The van der Waals surface area contributed by atoms with Gasteiger partial charge in [-0.2, -0.15) is 20.1 Å². The zero-order chi connectivity index (χ0) is 13.9. The maximum atomic E-state index is 12.2. The number of carbonyl (C=O) groups is 1. The molecule has 1 aliphatic rings. The number of carbonyl (C=O) groups excluding carboxylic acids is 1. The molecule has 104 valence electrons. The molecule has 8 heteroatoms. The largest absolute Gasteiger partial charge is 0.339 e. The van der Waals surface area contributed by atoms with E-state index in [1.807, 2.05) is 0 Å². The standard InChI is InChI=1S/C12H14N6O2/c19-11-2-1-4-13-17(11)9-12(20)16-7-3-10(8-16)18-14-5-6-15-18/h1-2,4-6,10H,3,7-9H2. The van der Waals surface area contributed by atoms with Gasteiger partial charge in [0.05, 0.1) is 18.4 Å². The number of hydrogen-bond acceptors (Lipinski definition) is 5. The van der Waals surface area contributed by atoms with E-state index in [1.54, 1.807) is 28.2 Å². The van der Waals surface area contributed by atoms with Crippen LogP contribution in [0.25, 0.3) is 0 Å². The van der Waals surface area contributed by atoms with Crippen LogP contribution in [0.15, 0.2) is 35.5 Å². The lowest BCUT2D eigenvalue weighted by Crippen LogP contribution is -2.36. The quantitative estimate of drug-likeness (QED) is 0.739. The third kappa shape index (κ3) is 2.44. The molecule has 1 saturated heterocycles. The van der Waals surface area contributed by atoms with Crippen LogP contribution in [0, 0.1) is 0 Å². The molecule has 2 aromatic heterocycles. The molecule has 8 nitrogen and oxygen atoms in total. The SMILES string of the molecule is O=C(Cn1ncccc1=O)N1CCC(n2nccn2)C1. The van der Waals surface area contributed by atoms with Crippen molar-refractivity contribution in [1.82, 2.24) is 29.7 Å². The third-order valence-corrected chi connectivity index (χ3v) is 3.35. The van der Waals surface area contributed by atoms with Crippen molar-refractivity contribution in [2.24, 2.45) is 0 Å². The van der Waals surface area contributed by atoms with Crippen LogP contribution in [0.5, 0.6) is 0 Å². The van der Waals surface area contributed by atoms with Crippen LogP contribution in [-0.2, 0) is 11.3 Å². The summed E-state index contributed by atoms with van der Waals surface area (Å²) in [6.07, 6.45) is 5.56. The fraction of sp³-hybridized carbons (Fsp3) is 0.417. The molecule has 1 aliphatic heterocycles. The molecule has 0 aromatic carbocycles. The van der Waals surface area contributed by atoms with E-state index in [-0.39, 0.29) is 24.1 Å². The molecule has 1 amide bonds. The van der Waals surface area contributed by atoms with Crippen molar-refractivity contribution in [3.8, 4) is 0 Å². The summed E-state index contributed by atoms with van der Waals surface area (Å²) in [7, 11) is 0. The Balaban J connectivity index is 1.65. The molecule has 3 rings (SSSR count). The van der Waals surface area contributed by atoms with Crippen LogP contribution < -0.4 is 5.56 Å². The maximum Gasteiger partial charge on any atom is 0.267 e. The van der Waals surface area contributed by atoms with Crippen molar-refractivity contribution in [1.29, 1.82) is 0 Å². The van der Waals surface area contributed by atoms with E-state index >= 15 is 0 Å². The number of hydrogen-bond donors (Lipinski definition) is 0. The second-order valence-electron chi connectivity index (χ2n) is 4.65. The topological polar surface area (TPSA) is 85.9 Å². The van der Waals surface area contributed by atoms with Crippen molar-refractivity contribution in [2.45, 2.75) is 19.0 Å². The molecule has 0 radical (unpaired) electrons. The Bertz CT molecular complexity index is 650. The van der Waals surface area contributed by atoms with Gasteiger partial charge in [-0.15, -0.1) is 0 Å². The molecule has 0 aliphatic carbocycles. The summed E-state index contributed by atoms with van der Waals surface area (Å²) in [6.45, 7) is 1.18. The summed E-state index contributed by atoms with van der Waals surface area (Å²) >= 11 is 0. The summed E-state index contributed by atoms with van der Waals surface area (Å²) in [5.74, 6) is -0.111. The average molecular weight is 274 g/mol. The number of rotatable bonds is 3. The van der Waals surface area contributed by atoms with Crippen LogP contribution >= 0.6 is 0 Å². The summed E-state index contributed by atoms with van der Waals surface area (Å²) in [5.41, 5.74) is -0.273. The predicted molar refractivity (Wildman–Crippen MR) is 68.8 cm³/mol. The van der Waals surface area contributed by atoms with Gasteiger partial charge in [-0.1, -0.05) is 0 Å². The van der Waals surface area contributed by atoms with Gasteiger partial charge in [-0.3, -0.25) is 9.59 Å². The average Bonchev–Trinajstić information content (AvgIpc) is 3.11. The third-order valence-electron chi connectivity index (χ3n) is 3.35. The molecule has 1 atom stereocenters. The highest BCUT2D eigenvalue weighted by atomic mass is 16.2. The van der Waals surface area contributed by atoms with Gasteiger partial charge < -0.3 is 4.90 Å². The van der Waals surface area contributed by atoms with Gasteiger partial charge in [0.2, 0.25) is 5.91 Å². The van der Waals surface area contributed by atoms with Gasteiger partial charge in [0, 0.05) is 25.4 Å². The molecule has 3 heterocycles. The lowest BCUT2D eigenvalue weighted by Gasteiger charge is -2.16. The molecule has 20 heavy (non-hydrogen) atoms. The Morgan fingerprint density at radius 3 is 2.80 bits per heavy atom. The first kappa shape index (κ1) is 12.5. The highest BCUT2D eigenvalue weighted by Crippen LogP contribution is 2.19. The number of nitrogens with zero attached hydrogens (tertiary/aromatic N) is 6. The number of likely N-dealkylation sites (tertiary alicyclic amines) is 1. The molecule has 0 saturated carbocycles. The van der Waals surface area contributed by atoms with Gasteiger partial charge in [-0.05, 0) is 12.5 Å². The van der Waals surface area contributed by atoms with Crippen LogP contribution in [-0.4, -0.2) is 48.7 Å². The minimum absolute atomic E-state index is 0.0288. The molecule has 2 aromatic rings. The lowest BCUT2D eigenvalue weighted by atomic mass is 10.3. The zero-order valence-electron chi connectivity index (χ0n) is 10.8. The Morgan fingerprint density at radius 1 is 1.25 bits per heavy atom. The normalized spacial score (nSPS) is 18.4. The number of aromatic nitrogens is 5. The fourth-order valence-electron chi connectivity index (χ4n) is 2.31. The van der Waals surface area contributed by atoms with Gasteiger partial charge in [0.25, 0.3) is 5.56 Å². The van der Waals surface area contributed by atoms with E-state index in [0.717, 1.165) is 6.42 Å². The summed E-state index contributed by atoms with van der Waals surface area (Å²) in [5, 5.41) is 12.1. The van der Waals surface area contributed by atoms with Crippen LogP contribution in [0.3, 0.4) is 0 Å².